The van der Waals surface area contributed by atoms with E-state index in [2.05, 4.69) is 10.6 Å². The number of hydrogen-bond acceptors (Lipinski definition) is 3. The maximum Gasteiger partial charge on any atom is 0.322 e. The highest BCUT2D eigenvalue weighted by molar-refractivity contribution is 6.42. The molecular formula is C26H31Cl2N5O2. The lowest BCUT2D eigenvalue weighted by atomic mass is 9.92. The van der Waals surface area contributed by atoms with Gasteiger partial charge >= 0.3 is 6.03 Å². The Labute approximate surface area is 216 Å². The number of nitrogens with one attached hydrogen (secondary N) is 2. The van der Waals surface area contributed by atoms with Crippen LogP contribution >= 0.6 is 23.2 Å². The first-order valence-corrected chi connectivity index (χ1v) is 12.1. The van der Waals surface area contributed by atoms with Gasteiger partial charge in [0.1, 0.15) is 12.4 Å². The van der Waals surface area contributed by atoms with Crippen LogP contribution in [-0.2, 0) is 10.2 Å². The highest BCUT2D eigenvalue weighted by Crippen LogP contribution is 2.29. The summed E-state index contributed by atoms with van der Waals surface area (Å²) in [5, 5.41) is 11.3. The smallest absolute Gasteiger partial charge is 0.315 e. The summed E-state index contributed by atoms with van der Waals surface area (Å²) in [6.07, 6.45) is 0. The molecule has 0 aliphatic rings. The number of carbonyl (C=O) groups is 2. The number of carbonyl (C=O) groups excluding carboxylic acids is 2. The van der Waals surface area contributed by atoms with Crippen molar-refractivity contribution in [3.63, 3.8) is 0 Å². The molecule has 0 bridgehead atoms. The van der Waals surface area contributed by atoms with Crippen LogP contribution in [0.3, 0.4) is 0 Å². The van der Waals surface area contributed by atoms with Gasteiger partial charge < -0.3 is 15.5 Å². The standard InChI is InChI=1S/C26H31Cl2N5O2/c1-7-32(25(35)30-24-16(2)9-8-10-17(24)3)15-23(34)29-22-14-21(26(4,5)6)31-33(22)18-11-12-19(27)20(28)13-18/h8-14H,7,15H2,1-6H3,(H,29,34)(H,30,35). The molecule has 0 saturated heterocycles. The summed E-state index contributed by atoms with van der Waals surface area (Å²) in [6.45, 7) is 12.1. The minimum Gasteiger partial charge on any atom is -0.315 e. The number of rotatable bonds is 6. The van der Waals surface area contributed by atoms with Crippen LogP contribution < -0.4 is 10.6 Å². The third-order valence-electron chi connectivity index (χ3n) is 5.61. The van der Waals surface area contributed by atoms with Gasteiger partial charge in [0.05, 0.1) is 21.4 Å². The van der Waals surface area contributed by atoms with Crippen molar-refractivity contribution >= 4 is 46.6 Å². The lowest BCUT2D eigenvalue weighted by Crippen LogP contribution is -2.40. The molecule has 0 radical (unpaired) electrons. The molecule has 186 valence electrons. The van der Waals surface area contributed by atoms with Crippen molar-refractivity contribution in [3.05, 3.63) is 69.3 Å². The lowest BCUT2D eigenvalue weighted by molar-refractivity contribution is -0.116. The van der Waals surface area contributed by atoms with Crippen LogP contribution in [0.2, 0.25) is 10.0 Å². The van der Waals surface area contributed by atoms with Crippen molar-refractivity contribution in [3.8, 4) is 5.69 Å². The van der Waals surface area contributed by atoms with E-state index in [1.807, 2.05) is 65.8 Å². The first kappa shape index (κ1) is 26.6. The Morgan fingerprint density at radius 3 is 2.23 bits per heavy atom. The molecule has 7 nitrogen and oxygen atoms in total. The molecule has 0 unspecified atom stereocenters. The van der Waals surface area contributed by atoms with E-state index in [4.69, 9.17) is 28.3 Å². The Balaban J connectivity index is 1.82. The van der Waals surface area contributed by atoms with E-state index in [1.54, 1.807) is 22.9 Å². The van der Waals surface area contributed by atoms with Crippen molar-refractivity contribution in [2.24, 2.45) is 0 Å². The number of amides is 3. The number of hydrogen-bond donors (Lipinski definition) is 2. The van der Waals surface area contributed by atoms with E-state index in [0.29, 0.717) is 28.1 Å². The van der Waals surface area contributed by atoms with Crippen LogP contribution in [0.5, 0.6) is 0 Å². The van der Waals surface area contributed by atoms with Crippen molar-refractivity contribution < 1.29 is 9.59 Å². The summed E-state index contributed by atoms with van der Waals surface area (Å²) >= 11 is 12.3. The fourth-order valence-electron chi connectivity index (χ4n) is 3.53. The number of aromatic nitrogens is 2. The molecule has 3 rings (SSSR count). The summed E-state index contributed by atoms with van der Waals surface area (Å²) in [4.78, 5) is 27.4. The normalized spacial score (nSPS) is 11.3. The summed E-state index contributed by atoms with van der Waals surface area (Å²) in [6, 6.07) is 12.4. The van der Waals surface area contributed by atoms with Gasteiger partial charge in [-0.15, -0.1) is 0 Å². The second-order valence-corrected chi connectivity index (χ2v) is 10.2. The maximum absolute atomic E-state index is 13.0. The van der Waals surface area contributed by atoms with Gasteiger partial charge in [0.2, 0.25) is 5.91 Å². The fourth-order valence-corrected chi connectivity index (χ4v) is 3.82. The molecule has 0 atom stereocenters. The number of halogens is 2. The van der Waals surface area contributed by atoms with Crippen LogP contribution in [0.25, 0.3) is 5.69 Å². The molecule has 35 heavy (non-hydrogen) atoms. The highest BCUT2D eigenvalue weighted by Gasteiger charge is 2.23. The molecule has 0 fully saturated rings. The summed E-state index contributed by atoms with van der Waals surface area (Å²) in [7, 11) is 0. The number of nitrogens with zero attached hydrogens (tertiary/aromatic N) is 3. The van der Waals surface area contributed by atoms with E-state index in [-0.39, 0.29) is 23.9 Å². The molecule has 9 heteroatoms. The quantitative estimate of drug-likeness (QED) is 0.388. The SMILES string of the molecule is CCN(CC(=O)Nc1cc(C(C)(C)C)nn1-c1ccc(Cl)c(Cl)c1)C(=O)Nc1c(C)cccc1C. The van der Waals surface area contributed by atoms with Crippen molar-refractivity contribution in [1.82, 2.24) is 14.7 Å². The minimum absolute atomic E-state index is 0.120. The molecule has 0 saturated carbocycles. The minimum atomic E-state index is -0.342. The number of likely N-dealkylation sites (N-methyl/N-ethyl adjacent to an activating group) is 1. The molecule has 3 amide bonds. The van der Waals surface area contributed by atoms with Gasteiger partial charge in [0, 0.05) is 23.7 Å². The Kier molecular flexibility index (Phi) is 8.13. The average Bonchev–Trinajstić information content (AvgIpc) is 3.20. The average molecular weight is 516 g/mol. The Morgan fingerprint density at radius 2 is 1.66 bits per heavy atom. The Hall–Kier alpha value is -3.03. The van der Waals surface area contributed by atoms with Gasteiger partial charge in [0.25, 0.3) is 0 Å². The topological polar surface area (TPSA) is 79.3 Å². The van der Waals surface area contributed by atoms with Crippen molar-refractivity contribution in [2.45, 2.75) is 47.0 Å². The monoisotopic (exact) mass is 515 g/mol. The largest absolute Gasteiger partial charge is 0.322 e. The zero-order valence-corrected chi connectivity index (χ0v) is 22.4. The number of aryl methyl sites for hydroxylation is 2. The summed E-state index contributed by atoms with van der Waals surface area (Å²) < 4.78 is 1.62. The molecular weight excluding hydrogens is 485 g/mol. The molecule has 0 spiro atoms. The second-order valence-electron chi connectivity index (χ2n) is 9.43. The molecule has 1 aromatic heterocycles. The van der Waals surface area contributed by atoms with Gasteiger partial charge in [-0.05, 0) is 50.1 Å². The van der Waals surface area contributed by atoms with Gasteiger partial charge in [-0.1, -0.05) is 62.2 Å². The molecule has 2 aromatic carbocycles. The predicted octanol–water partition coefficient (Wildman–Crippen LogP) is 6.59. The van der Waals surface area contributed by atoms with Gasteiger partial charge in [-0.3, -0.25) is 4.79 Å². The Bertz CT molecular complexity index is 1230. The van der Waals surface area contributed by atoms with Crippen LogP contribution in [0.1, 0.15) is 44.5 Å². The summed E-state index contributed by atoms with van der Waals surface area (Å²) in [5.41, 5.74) is 3.87. The van der Waals surface area contributed by atoms with Crippen LogP contribution in [0.4, 0.5) is 16.3 Å². The van der Waals surface area contributed by atoms with Crippen molar-refractivity contribution in [2.75, 3.05) is 23.7 Å². The lowest BCUT2D eigenvalue weighted by Gasteiger charge is -2.22. The molecule has 0 aliphatic carbocycles. The van der Waals surface area contributed by atoms with Crippen LogP contribution in [-0.4, -0.2) is 39.7 Å². The number of urea groups is 1. The van der Waals surface area contributed by atoms with E-state index in [9.17, 15) is 9.59 Å². The fraction of sp³-hybridized carbons (Fsp3) is 0.346. The zero-order chi connectivity index (χ0) is 25.9. The maximum atomic E-state index is 13.0. The molecule has 0 aliphatic heterocycles. The van der Waals surface area contributed by atoms with E-state index in [0.717, 1.165) is 22.5 Å². The second kappa shape index (κ2) is 10.7. The first-order chi connectivity index (χ1) is 16.4. The Morgan fingerprint density at radius 1 is 1.00 bits per heavy atom. The van der Waals surface area contributed by atoms with E-state index >= 15 is 0 Å². The third-order valence-corrected chi connectivity index (χ3v) is 6.35. The van der Waals surface area contributed by atoms with Gasteiger partial charge in [-0.2, -0.15) is 5.10 Å². The van der Waals surface area contributed by atoms with Gasteiger partial charge in [0.15, 0.2) is 0 Å². The van der Waals surface area contributed by atoms with Gasteiger partial charge in [-0.25, -0.2) is 9.48 Å². The molecule has 2 N–H and O–H groups in total. The predicted molar refractivity (Wildman–Crippen MR) is 143 cm³/mol. The van der Waals surface area contributed by atoms with E-state index in [1.165, 1.54) is 4.90 Å². The highest BCUT2D eigenvalue weighted by atomic mass is 35.5. The first-order valence-electron chi connectivity index (χ1n) is 11.4. The number of anilines is 2. The van der Waals surface area contributed by atoms with Crippen LogP contribution in [0.15, 0.2) is 42.5 Å². The number of benzene rings is 2. The molecule has 3 aromatic rings. The molecule has 1 heterocycles. The van der Waals surface area contributed by atoms with E-state index < -0.39 is 0 Å². The van der Waals surface area contributed by atoms with Crippen molar-refractivity contribution in [1.29, 1.82) is 0 Å². The zero-order valence-electron chi connectivity index (χ0n) is 20.9. The van der Waals surface area contributed by atoms with Crippen LogP contribution in [0, 0.1) is 13.8 Å². The third kappa shape index (κ3) is 6.35. The summed E-state index contributed by atoms with van der Waals surface area (Å²) in [5.74, 6) is 0.134. The number of para-hydroxylation sites is 1.